The number of aliphatic carboxylic acids is 1. The number of carbonyl (C=O) groups is 2. The van der Waals surface area contributed by atoms with Gasteiger partial charge in [0, 0.05) is 13.6 Å². The molecule has 19 heavy (non-hydrogen) atoms. The molecule has 4 heteroatoms. The summed E-state index contributed by atoms with van der Waals surface area (Å²) in [6.07, 6.45) is 1.30. The van der Waals surface area contributed by atoms with Crippen molar-refractivity contribution in [1.29, 1.82) is 0 Å². The Morgan fingerprint density at radius 3 is 2.53 bits per heavy atom. The number of hydrogen-bond donors (Lipinski definition) is 1. The van der Waals surface area contributed by atoms with Gasteiger partial charge < -0.3 is 10.0 Å². The second kappa shape index (κ2) is 5.43. The van der Waals surface area contributed by atoms with Crippen molar-refractivity contribution in [3.8, 4) is 0 Å². The van der Waals surface area contributed by atoms with Crippen LogP contribution in [0.25, 0.3) is 0 Å². The molecule has 1 N–H and O–H groups in total. The highest BCUT2D eigenvalue weighted by atomic mass is 16.4. The maximum absolute atomic E-state index is 12.2. The maximum Gasteiger partial charge on any atom is 0.307 e. The van der Waals surface area contributed by atoms with Crippen LogP contribution in [-0.4, -0.2) is 28.9 Å². The number of nitrogens with zero attached hydrogens (tertiary/aromatic N) is 1. The van der Waals surface area contributed by atoms with Crippen molar-refractivity contribution in [2.45, 2.75) is 26.3 Å². The second-order valence-corrected chi connectivity index (χ2v) is 5.31. The zero-order valence-electron chi connectivity index (χ0n) is 11.3. The number of hydrogen-bond acceptors (Lipinski definition) is 2. The minimum Gasteiger partial charge on any atom is -0.481 e. The summed E-state index contributed by atoms with van der Waals surface area (Å²) in [5.74, 6) is -1.74. The predicted molar refractivity (Wildman–Crippen MR) is 71.5 cm³/mol. The smallest absolute Gasteiger partial charge is 0.307 e. The predicted octanol–water partition coefficient (Wildman–Crippen LogP) is 2.06. The molecule has 2 unspecified atom stereocenters. The highest BCUT2D eigenvalue weighted by molar-refractivity contribution is 5.86. The van der Waals surface area contributed by atoms with E-state index in [1.807, 2.05) is 31.2 Å². The van der Waals surface area contributed by atoms with Gasteiger partial charge in [-0.2, -0.15) is 0 Å². The van der Waals surface area contributed by atoms with Gasteiger partial charge in [-0.05, 0) is 25.3 Å². The summed E-state index contributed by atoms with van der Waals surface area (Å²) in [4.78, 5) is 24.8. The van der Waals surface area contributed by atoms with E-state index in [0.717, 1.165) is 11.1 Å². The Labute approximate surface area is 113 Å². The molecule has 1 amide bonds. The molecule has 0 aromatic heterocycles. The van der Waals surface area contributed by atoms with Crippen LogP contribution in [0.15, 0.2) is 24.3 Å². The molecule has 1 aromatic carbocycles. The van der Waals surface area contributed by atoms with E-state index < -0.39 is 11.9 Å². The molecule has 1 aliphatic carbocycles. The van der Waals surface area contributed by atoms with Crippen LogP contribution in [0.5, 0.6) is 0 Å². The number of carboxylic acids is 1. The standard InChI is InChI=1S/C15H19NO3/c1-10-4-3-5-11(8-10)9-16(2)14(17)12-6-7-13(12)15(18)19/h3-5,8,12-13H,6-7,9H2,1-2H3,(H,18,19). The minimum absolute atomic E-state index is 0.0554. The van der Waals surface area contributed by atoms with E-state index in [0.29, 0.717) is 19.4 Å². The summed E-state index contributed by atoms with van der Waals surface area (Å²) >= 11 is 0. The van der Waals surface area contributed by atoms with E-state index in [2.05, 4.69) is 0 Å². The number of benzene rings is 1. The van der Waals surface area contributed by atoms with Crippen molar-refractivity contribution in [2.75, 3.05) is 7.05 Å². The fourth-order valence-electron chi connectivity index (χ4n) is 2.54. The molecule has 2 atom stereocenters. The first-order chi connectivity index (χ1) is 8.99. The van der Waals surface area contributed by atoms with Gasteiger partial charge in [0.2, 0.25) is 5.91 Å². The number of aryl methyl sites for hydroxylation is 1. The van der Waals surface area contributed by atoms with E-state index in [1.54, 1.807) is 11.9 Å². The molecular formula is C15H19NO3. The average Bonchev–Trinajstić information content (AvgIpc) is 2.26. The Hall–Kier alpha value is -1.84. The summed E-state index contributed by atoms with van der Waals surface area (Å²) in [7, 11) is 1.74. The van der Waals surface area contributed by atoms with E-state index in [4.69, 9.17) is 5.11 Å². The summed E-state index contributed by atoms with van der Waals surface area (Å²) in [5, 5.41) is 8.99. The Morgan fingerprint density at radius 1 is 1.32 bits per heavy atom. The Bertz CT molecular complexity index is 498. The van der Waals surface area contributed by atoms with Gasteiger partial charge >= 0.3 is 5.97 Å². The molecular weight excluding hydrogens is 242 g/mol. The first-order valence-electron chi connectivity index (χ1n) is 6.52. The van der Waals surface area contributed by atoms with Crippen LogP contribution < -0.4 is 0 Å². The van der Waals surface area contributed by atoms with Crippen molar-refractivity contribution in [1.82, 2.24) is 4.90 Å². The van der Waals surface area contributed by atoms with Gasteiger partial charge in [0.05, 0.1) is 11.8 Å². The molecule has 102 valence electrons. The van der Waals surface area contributed by atoms with Gasteiger partial charge in [-0.1, -0.05) is 29.8 Å². The molecule has 0 spiro atoms. The van der Waals surface area contributed by atoms with Crippen LogP contribution in [0, 0.1) is 18.8 Å². The fraction of sp³-hybridized carbons (Fsp3) is 0.467. The van der Waals surface area contributed by atoms with Crippen molar-refractivity contribution in [3.05, 3.63) is 35.4 Å². The van der Waals surface area contributed by atoms with Gasteiger partial charge in [-0.3, -0.25) is 9.59 Å². The highest BCUT2D eigenvalue weighted by Gasteiger charge is 2.42. The largest absolute Gasteiger partial charge is 0.481 e. The zero-order valence-corrected chi connectivity index (χ0v) is 11.3. The molecule has 0 heterocycles. The van der Waals surface area contributed by atoms with E-state index >= 15 is 0 Å². The second-order valence-electron chi connectivity index (χ2n) is 5.31. The van der Waals surface area contributed by atoms with E-state index in [9.17, 15) is 9.59 Å². The summed E-state index contributed by atoms with van der Waals surface area (Å²) < 4.78 is 0. The maximum atomic E-state index is 12.2. The molecule has 0 radical (unpaired) electrons. The van der Waals surface area contributed by atoms with Crippen molar-refractivity contribution in [2.24, 2.45) is 11.8 Å². The lowest BCUT2D eigenvalue weighted by atomic mass is 9.73. The topological polar surface area (TPSA) is 57.6 Å². The molecule has 0 aliphatic heterocycles. The third-order valence-corrected chi connectivity index (χ3v) is 3.79. The molecule has 1 aliphatic rings. The first kappa shape index (κ1) is 13.6. The van der Waals surface area contributed by atoms with Gasteiger partial charge in [0.1, 0.15) is 0 Å². The number of carbonyl (C=O) groups excluding carboxylic acids is 1. The lowest BCUT2D eigenvalue weighted by molar-refractivity contribution is -0.156. The minimum atomic E-state index is -0.853. The third kappa shape index (κ3) is 2.95. The molecule has 0 saturated heterocycles. The molecule has 1 aromatic rings. The third-order valence-electron chi connectivity index (χ3n) is 3.79. The van der Waals surface area contributed by atoms with Crippen molar-refractivity contribution in [3.63, 3.8) is 0 Å². The zero-order chi connectivity index (χ0) is 14.0. The summed E-state index contributed by atoms with van der Waals surface area (Å²) in [5.41, 5.74) is 2.23. The average molecular weight is 261 g/mol. The number of carboxylic acid groups (broad SMARTS) is 1. The fourth-order valence-corrected chi connectivity index (χ4v) is 2.54. The summed E-state index contributed by atoms with van der Waals surface area (Å²) in [6, 6.07) is 8.00. The molecule has 1 fully saturated rings. The van der Waals surface area contributed by atoms with Gasteiger partial charge in [0.15, 0.2) is 0 Å². The van der Waals surface area contributed by atoms with Crippen LogP contribution in [0.4, 0.5) is 0 Å². The van der Waals surface area contributed by atoms with E-state index in [-0.39, 0.29) is 11.8 Å². The molecule has 4 nitrogen and oxygen atoms in total. The Morgan fingerprint density at radius 2 is 2.00 bits per heavy atom. The number of rotatable bonds is 4. The van der Waals surface area contributed by atoms with Gasteiger partial charge in [-0.15, -0.1) is 0 Å². The van der Waals surface area contributed by atoms with Crippen LogP contribution in [-0.2, 0) is 16.1 Å². The van der Waals surface area contributed by atoms with Crippen molar-refractivity contribution >= 4 is 11.9 Å². The number of amides is 1. The Balaban J connectivity index is 1.98. The molecule has 0 bridgehead atoms. The van der Waals surface area contributed by atoms with Crippen LogP contribution in [0.3, 0.4) is 0 Å². The monoisotopic (exact) mass is 261 g/mol. The molecule has 1 saturated carbocycles. The van der Waals surface area contributed by atoms with Gasteiger partial charge in [-0.25, -0.2) is 0 Å². The highest BCUT2D eigenvalue weighted by Crippen LogP contribution is 2.35. The quantitative estimate of drug-likeness (QED) is 0.902. The lowest BCUT2D eigenvalue weighted by Crippen LogP contribution is -2.44. The van der Waals surface area contributed by atoms with Crippen LogP contribution in [0.2, 0.25) is 0 Å². The SMILES string of the molecule is Cc1cccc(CN(C)C(=O)C2CCC2C(=O)O)c1. The molecule has 2 rings (SSSR count). The van der Waals surface area contributed by atoms with Crippen LogP contribution in [0.1, 0.15) is 24.0 Å². The van der Waals surface area contributed by atoms with E-state index in [1.165, 1.54) is 0 Å². The first-order valence-corrected chi connectivity index (χ1v) is 6.52. The Kier molecular flexibility index (Phi) is 3.88. The summed E-state index contributed by atoms with van der Waals surface area (Å²) in [6.45, 7) is 2.54. The normalized spacial score (nSPS) is 21.6. The lowest BCUT2D eigenvalue weighted by Gasteiger charge is -2.35. The van der Waals surface area contributed by atoms with Gasteiger partial charge in [0.25, 0.3) is 0 Å². The van der Waals surface area contributed by atoms with Crippen LogP contribution >= 0.6 is 0 Å². The van der Waals surface area contributed by atoms with Crippen molar-refractivity contribution < 1.29 is 14.7 Å².